The number of amides is 1. The molecule has 1 unspecified atom stereocenters. The van der Waals surface area contributed by atoms with E-state index in [0.29, 0.717) is 18.8 Å². The predicted octanol–water partition coefficient (Wildman–Crippen LogP) is 0.760. The van der Waals surface area contributed by atoms with E-state index in [2.05, 4.69) is 10.6 Å². The van der Waals surface area contributed by atoms with E-state index < -0.39 is 6.10 Å². The van der Waals surface area contributed by atoms with Crippen LogP contribution in [-0.2, 0) is 11.2 Å². The van der Waals surface area contributed by atoms with Gasteiger partial charge in [0, 0.05) is 12.8 Å². The molecule has 1 aromatic rings. The topological polar surface area (TPSA) is 61.4 Å². The maximum absolute atomic E-state index is 12.1. The SMILES string of the molecule is O=C(CC1CCNC1)N[C@@H]1c2ccccc2C[C@@H]1O. The minimum absolute atomic E-state index is 0.0504. The van der Waals surface area contributed by atoms with Crippen LogP contribution in [0.25, 0.3) is 0 Å². The first-order chi connectivity index (χ1) is 9.24. The Balaban J connectivity index is 1.64. The molecule has 0 radical (unpaired) electrons. The van der Waals surface area contributed by atoms with Crippen molar-refractivity contribution in [3.05, 3.63) is 35.4 Å². The molecule has 1 aromatic carbocycles. The van der Waals surface area contributed by atoms with Crippen LogP contribution in [0.4, 0.5) is 0 Å². The van der Waals surface area contributed by atoms with Gasteiger partial charge in [-0.05, 0) is 36.6 Å². The van der Waals surface area contributed by atoms with Crippen LogP contribution in [-0.4, -0.2) is 30.2 Å². The molecule has 3 rings (SSSR count). The second-order valence-electron chi connectivity index (χ2n) is 5.58. The van der Waals surface area contributed by atoms with Crippen LogP contribution < -0.4 is 10.6 Å². The van der Waals surface area contributed by atoms with E-state index in [9.17, 15) is 9.90 Å². The zero-order chi connectivity index (χ0) is 13.2. The zero-order valence-electron chi connectivity index (χ0n) is 10.9. The van der Waals surface area contributed by atoms with Crippen molar-refractivity contribution >= 4 is 5.91 Å². The first-order valence-corrected chi connectivity index (χ1v) is 7.00. The largest absolute Gasteiger partial charge is 0.390 e. The Labute approximate surface area is 113 Å². The average Bonchev–Trinajstić information content (AvgIpc) is 2.99. The summed E-state index contributed by atoms with van der Waals surface area (Å²) in [6.07, 6.45) is 1.75. The van der Waals surface area contributed by atoms with Crippen molar-refractivity contribution < 1.29 is 9.90 Å². The zero-order valence-corrected chi connectivity index (χ0v) is 10.9. The highest BCUT2D eigenvalue weighted by atomic mass is 16.3. The van der Waals surface area contributed by atoms with E-state index in [0.717, 1.165) is 30.6 Å². The van der Waals surface area contributed by atoms with Gasteiger partial charge in [0.2, 0.25) is 5.91 Å². The third-order valence-electron chi connectivity index (χ3n) is 4.16. The molecule has 1 saturated heterocycles. The first-order valence-electron chi connectivity index (χ1n) is 7.00. The monoisotopic (exact) mass is 260 g/mol. The van der Waals surface area contributed by atoms with Crippen molar-refractivity contribution in [2.24, 2.45) is 5.92 Å². The Hall–Kier alpha value is -1.39. The van der Waals surface area contributed by atoms with Crippen LogP contribution in [0, 0.1) is 5.92 Å². The Morgan fingerprint density at radius 2 is 2.26 bits per heavy atom. The second-order valence-corrected chi connectivity index (χ2v) is 5.58. The molecule has 1 aliphatic carbocycles. The minimum Gasteiger partial charge on any atom is -0.390 e. The molecule has 2 aliphatic rings. The molecule has 1 aliphatic heterocycles. The molecule has 19 heavy (non-hydrogen) atoms. The third kappa shape index (κ3) is 2.65. The van der Waals surface area contributed by atoms with Gasteiger partial charge in [-0.25, -0.2) is 0 Å². The fourth-order valence-corrected chi connectivity index (χ4v) is 3.13. The lowest BCUT2D eigenvalue weighted by Gasteiger charge is -2.19. The predicted molar refractivity (Wildman–Crippen MR) is 72.6 cm³/mol. The van der Waals surface area contributed by atoms with Gasteiger partial charge in [0.25, 0.3) is 0 Å². The van der Waals surface area contributed by atoms with Crippen LogP contribution >= 0.6 is 0 Å². The summed E-state index contributed by atoms with van der Waals surface area (Å²) >= 11 is 0. The van der Waals surface area contributed by atoms with Gasteiger partial charge in [-0.15, -0.1) is 0 Å². The van der Waals surface area contributed by atoms with Gasteiger partial charge in [0.05, 0.1) is 12.1 Å². The molecule has 1 amide bonds. The smallest absolute Gasteiger partial charge is 0.220 e. The average molecular weight is 260 g/mol. The van der Waals surface area contributed by atoms with E-state index in [-0.39, 0.29) is 11.9 Å². The van der Waals surface area contributed by atoms with Gasteiger partial charge in [-0.3, -0.25) is 4.79 Å². The number of rotatable bonds is 3. The van der Waals surface area contributed by atoms with Crippen LogP contribution in [0.1, 0.15) is 30.0 Å². The molecule has 0 spiro atoms. The van der Waals surface area contributed by atoms with Gasteiger partial charge < -0.3 is 15.7 Å². The van der Waals surface area contributed by atoms with Crippen molar-refractivity contribution in [2.45, 2.75) is 31.4 Å². The molecule has 0 saturated carbocycles. The standard InChI is InChI=1S/C15H20N2O2/c18-13-8-11-3-1-2-4-12(11)15(13)17-14(19)7-10-5-6-16-9-10/h1-4,10,13,15-16,18H,5-9H2,(H,17,19)/t10?,13-,15+/m0/s1. The van der Waals surface area contributed by atoms with E-state index >= 15 is 0 Å². The van der Waals surface area contributed by atoms with Gasteiger partial charge in [-0.1, -0.05) is 24.3 Å². The van der Waals surface area contributed by atoms with Gasteiger partial charge in [0.1, 0.15) is 0 Å². The summed E-state index contributed by atoms with van der Waals surface area (Å²) in [5.74, 6) is 0.489. The van der Waals surface area contributed by atoms with Gasteiger partial charge in [0.15, 0.2) is 0 Å². The number of carbonyl (C=O) groups excluding carboxylic acids is 1. The van der Waals surface area contributed by atoms with Gasteiger partial charge >= 0.3 is 0 Å². The Morgan fingerprint density at radius 3 is 3.05 bits per heavy atom. The van der Waals surface area contributed by atoms with Gasteiger partial charge in [-0.2, -0.15) is 0 Å². The van der Waals surface area contributed by atoms with E-state index in [1.165, 1.54) is 0 Å². The van der Waals surface area contributed by atoms with Crippen molar-refractivity contribution in [3.8, 4) is 0 Å². The number of carbonyl (C=O) groups is 1. The maximum Gasteiger partial charge on any atom is 0.220 e. The van der Waals surface area contributed by atoms with Crippen LogP contribution in [0.15, 0.2) is 24.3 Å². The van der Waals surface area contributed by atoms with Crippen LogP contribution in [0.2, 0.25) is 0 Å². The Bertz CT molecular complexity index is 469. The van der Waals surface area contributed by atoms with Crippen molar-refractivity contribution in [1.29, 1.82) is 0 Å². The summed E-state index contributed by atoms with van der Waals surface area (Å²) < 4.78 is 0. The van der Waals surface area contributed by atoms with Crippen LogP contribution in [0.5, 0.6) is 0 Å². The molecular formula is C15H20N2O2. The normalized spacial score (nSPS) is 29.2. The Kier molecular flexibility index (Phi) is 3.53. The first kappa shape index (κ1) is 12.6. The van der Waals surface area contributed by atoms with E-state index in [4.69, 9.17) is 0 Å². The second kappa shape index (κ2) is 5.31. The van der Waals surface area contributed by atoms with E-state index in [1.54, 1.807) is 0 Å². The lowest BCUT2D eigenvalue weighted by atomic mass is 10.0. The molecule has 0 aromatic heterocycles. The summed E-state index contributed by atoms with van der Waals surface area (Å²) in [6, 6.07) is 7.70. The molecule has 1 heterocycles. The fraction of sp³-hybridized carbons (Fsp3) is 0.533. The summed E-state index contributed by atoms with van der Waals surface area (Å²) in [6.45, 7) is 1.93. The molecule has 3 atom stereocenters. The lowest BCUT2D eigenvalue weighted by molar-refractivity contribution is -0.123. The molecule has 0 bridgehead atoms. The summed E-state index contributed by atoms with van der Waals surface area (Å²) in [4.78, 5) is 12.1. The highest BCUT2D eigenvalue weighted by molar-refractivity contribution is 5.77. The summed E-state index contributed by atoms with van der Waals surface area (Å²) in [7, 11) is 0. The molecule has 4 heteroatoms. The number of aliphatic hydroxyl groups is 1. The minimum atomic E-state index is -0.497. The summed E-state index contributed by atoms with van der Waals surface area (Å²) in [5, 5.41) is 16.4. The molecule has 3 N–H and O–H groups in total. The summed E-state index contributed by atoms with van der Waals surface area (Å²) in [5.41, 5.74) is 2.20. The van der Waals surface area contributed by atoms with Crippen molar-refractivity contribution in [1.82, 2.24) is 10.6 Å². The highest BCUT2D eigenvalue weighted by Crippen LogP contribution is 2.31. The van der Waals surface area contributed by atoms with Crippen molar-refractivity contribution in [3.63, 3.8) is 0 Å². The molecule has 102 valence electrons. The van der Waals surface area contributed by atoms with Crippen molar-refractivity contribution in [2.75, 3.05) is 13.1 Å². The quantitative estimate of drug-likeness (QED) is 0.752. The lowest BCUT2D eigenvalue weighted by Crippen LogP contribution is -2.35. The fourth-order valence-electron chi connectivity index (χ4n) is 3.13. The molecular weight excluding hydrogens is 240 g/mol. The number of benzene rings is 1. The maximum atomic E-state index is 12.1. The highest BCUT2D eigenvalue weighted by Gasteiger charge is 2.32. The van der Waals surface area contributed by atoms with E-state index in [1.807, 2.05) is 24.3 Å². The van der Waals surface area contributed by atoms with Crippen LogP contribution in [0.3, 0.4) is 0 Å². The number of hydrogen-bond acceptors (Lipinski definition) is 3. The third-order valence-corrected chi connectivity index (χ3v) is 4.16. The number of nitrogens with one attached hydrogen (secondary N) is 2. The number of aliphatic hydroxyl groups excluding tert-OH is 1. The molecule has 1 fully saturated rings. The number of fused-ring (bicyclic) bond motifs is 1. The Morgan fingerprint density at radius 1 is 1.42 bits per heavy atom. The molecule has 4 nitrogen and oxygen atoms in total. The number of hydrogen-bond donors (Lipinski definition) is 3.